The first-order chi connectivity index (χ1) is 10.5. The van der Waals surface area contributed by atoms with Gasteiger partial charge in [-0.15, -0.1) is 0 Å². The molecule has 0 spiro atoms. The Balaban J connectivity index is 2.40. The zero-order valence-electron chi connectivity index (χ0n) is 13.3. The fourth-order valence-electron chi connectivity index (χ4n) is 2.38. The van der Waals surface area contributed by atoms with Crippen LogP contribution in [0.15, 0.2) is 0 Å². The first-order valence-electron chi connectivity index (χ1n) is 7.89. The molecule has 0 aromatic rings. The first kappa shape index (κ1) is 19.3. The van der Waals surface area contributed by atoms with Gasteiger partial charge in [-0.05, 0) is 6.42 Å². The quantitative estimate of drug-likeness (QED) is 0.415. The van der Waals surface area contributed by atoms with Crippen molar-refractivity contribution in [2.24, 2.45) is 0 Å². The normalized spacial score (nSPS) is 32.0. The maximum absolute atomic E-state index is 11.8. The average Bonchev–Trinajstić information content (AvgIpc) is 2.50. The largest absolute Gasteiger partial charge is 0.433 e. The Labute approximate surface area is 131 Å². The molecular formula is C15H28O7. The lowest BCUT2D eigenvalue weighted by atomic mass is 9.99. The van der Waals surface area contributed by atoms with Gasteiger partial charge in [-0.3, -0.25) is 4.79 Å². The van der Waals surface area contributed by atoms with E-state index in [4.69, 9.17) is 14.2 Å². The van der Waals surface area contributed by atoms with E-state index in [0.29, 0.717) is 6.42 Å². The van der Waals surface area contributed by atoms with Gasteiger partial charge in [0, 0.05) is 13.5 Å². The molecule has 3 N–H and O–H groups in total. The molecule has 1 heterocycles. The van der Waals surface area contributed by atoms with E-state index in [1.54, 1.807) is 0 Å². The summed E-state index contributed by atoms with van der Waals surface area (Å²) in [7, 11) is 1.42. The minimum atomic E-state index is -1.48. The highest BCUT2D eigenvalue weighted by molar-refractivity contribution is 5.69. The molecule has 1 saturated heterocycles. The number of hydrogen-bond donors (Lipinski definition) is 3. The molecule has 1 rings (SSSR count). The first-order valence-corrected chi connectivity index (χ1v) is 7.89. The molecule has 1 fully saturated rings. The van der Waals surface area contributed by atoms with Gasteiger partial charge < -0.3 is 29.5 Å². The summed E-state index contributed by atoms with van der Waals surface area (Å²) in [5.74, 6) is -0.486. The van der Waals surface area contributed by atoms with Crippen LogP contribution in [0.3, 0.4) is 0 Å². The molecule has 0 unspecified atom stereocenters. The number of aliphatic hydroxyl groups excluding tert-OH is 3. The number of methoxy groups -OCH3 is 1. The van der Waals surface area contributed by atoms with E-state index in [0.717, 1.165) is 25.7 Å². The van der Waals surface area contributed by atoms with Gasteiger partial charge >= 0.3 is 5.97 Å². The van der Waals surface area contributed by atoms with E-state index in [1.807, 2.05) is 0 Å². The van der Waals surface area contributed by atoms with Crippen LogP contribution >= 0.6 is 0 Å². The number of esters is 1. The summed E-state index contributed by atoms with van der Waals surface area (Å²) in [6, 6.07) is 0. The maximum atomic E-state index is 11.8. The van der Waals surface area contributed by atoms with Gasteiger partial charge in [0.25, 0.3) is 0 Å². The highest BCUT2D eigenvalue weighted by Crippen LogP contribution is 2.23. The van der Waals surface area contributed by atoms with Gasteiger partial charge in [0.1, 0.15) is 24.4 Å². The SMILES string of the molecule is CCCCCCCC(=O)O[C@H]1O[C@H](COC)[C@@H](O)[C@H](O)[C@H]1O. The van der Waals surface area contributed by atoms with Crippen LogP contribution in [0.25, 0.3) is 0 Å². The van der Waals surface area contributed by atoms with Crippen LogP contribution in [-0.4, -0.2) is 65.7 Å². The molecule has 22 heavy (non-hydrogen) atoms. The molecule has 0 saturated carbocycles. The zero-order valence-corrected chi connectivity index (χ0v) is 13.3. The lowest BCUT2D eigenvalue weighted by molar-refractivity contribution is -0.293. The van der Waals surface area contributed by atoms with Crippen LogP contribution < -0.4 is 0 Å². The Morgan fingerprint density at radius 3 is 2.36 bits per heavy atom. The monoisotopic (exact) mass is 320 g/mol. The number of hydrogen-bond acceptors (Lipinski definition) is 7. The topological polar surface area (TPSA) is 105 Å². The van der Waals surface area contributed by atoms with Crippen molar-refractivity contribution in [2.45, 2.75) is 76.2 Å². The molecular weight excluding hydrogens is 292 g/mol. The van der Waals surface area contributed by atoms with E-state index in [2.05, 4.69) is 6.92 Å². The summed E-state index contributed by atoms with van der Waals surface area (Å²) >= 11 is 0. The molecule has 5 atom stereocenters. The molecule has 0 amide bonds. The van der Waals surface area contributed by atoms with Gasteiger partial charge in [-0.1, -0.05) is 32.6 Å². The minimum absolute atomic E-state index is 0.0238. The summed E-state index contributed by atoms with van der Waals surface area (Å²) < 4.78 is 15.2. The Morgan fingerprint density at radius 1 is 1.05 bits per heavy atom. The predicted octanol–water partition coefficient (Wildman–Crippen LogP) is 0.344. The zero-order chi connectivity index (χ0) is 16.5. The molecule has 0 radical (unpaired) electrons. The second kappa shape index (κ2) is 10.1. The van der Waals surface area contributed by atoms with Crippen molar-refractivity contribution in [1.29, 1.82) is 0 Å². The highest BCUT2D eigenvalue weighted by atomic mass is 16.7. The third kappa shape index (κ3) is 5.81. The van der Waals surface area contributed by atoms with Gasteiger partial charge in [0.2, 0.25) is 6.29 Å². The van der Waals surface area contributed by atoms with Gasteiger partial charge in [-0.25, -0.2) is 0 Å². The second-order valence-electron chi connectivity index (χ2n) is 5.62. The molecule has 7 heteroatoms. The Morgan fingerprint density at radius 2 is 1.73 bits per heavy atom. The van der Waals surface area contributed by atoms with Crippen molar-refractivity contribution in [2.75, 3.05) is 13.7 Å². The average molecular weight is 320 g/mol. The molecule has 7 nitrogen and oxygen atoms in total. The van der Waals surface area contributed by atoms with Crippen LogP contribution in [0, 0.1) is 0 Å². The molecule has 0 aromatic carbocycles. The van der Waals surface area contributed by atoms with Gasteiger partial charge in [-0.2, -0.15) is 0 Å². The van der Waals surface area contributed by atoms with Crippen LogP contribution in [0.5, 0.6) is 0 Å². The van der Waals surface area contributed by atoms with E-state index >= 15 is 0 Å². The maximum Gasteiger partial charge on any atom is 0.308 e. The smallest absolute Gasteiger partial charge is 0.308 e. The number of carbonyl (C=O) groups excluding carboxylic acids is 1. The van der Waals surface area contributed by atoms with Crippen molar-refractivity contribution in [3.63, 3.8) is 0 Å². The molecule has 0 bridgehead atoms. The van der Waals surface area contributed by atoms with Crippen LogP contribution in [0.1, 0.15) is 45.4 Å². The van der Waals surface area contributed by atoms with E-state index in [-0.39, 0.29) is 13.0 Å². The van der Waals surface area contributed by atoms with Crippen molar-refractivity contribution in [1.82, 2.24) is 0 Å². The Hall–Kier alpha value is -0.730. The van der Waals surface area contributed by atoms with Crippen molar-refractivity contribution in [3.05, 3.63) is 0 Å². The van der Waals surface area contributed by atoms with E-state index in [1.165, 1.54) is 7.11 Å². The summed E-state index contributed by atoms with van der Waals surface area (Å²) in [5.41, 5.74) is 0. The number of rotatable bonds is 9. The molecule has 130 valence electrons. The number of unbranched alkanes of at least 4 members (excludes halogenated alkanes) is 4. The lowest BCUT2D eigenvalue weighted by Crippen LogP contribution is -2.59. The van der Waals surface area contributed by atoms with Crippen molar-refractivity contribution in [3.8, 4) is 0 Å². The molecule has 0 aromatic heterocycles. The second-order valence-corrected chi connectivity index (χ2v) is 5.62. The molecule has 0 aliphatic carbocycles. The summed E-state index contributed by atoms with van der Waals surface area (Å²) in [6.45, 7) is 2.14. The lowest BCUT2D eigenvalue weighted by Gasteiger charge is -2.39. The summed E-state index contributed by atoms with van der Waals surface area (Å²) in [5, 5.41) is 29.4. The summed E-state index contributed by atoms with van der Waals surface area (Å²) in [4.78, 5) is 11.8. The van der Waals surface area contributed by atoms with Crippen molar-refractivity contribution >= 4 is 5.97 Å². The van der Waals surface area contributed by atoms with E-state index < -0.39 is 36.7 Å². The predicted molar refractivity (Wildman–Crippen MR) is 78.0 cm³/mol. The third-order valence-electron chi connectivity index (χ3n) is 3.73. The molecule has 1 aliphatic rings. The van der Waals surface area contributed by atoms with Crippen LogP contribution in [0.2, 0.25) is 0 Å². The van der Waals surface area contributed by atoms with Crippen LogP contribution in [0.4, 0.5) is 0 Å². The Kier molecular flexibility index (Phi) is 8.89. The van der Waals surface area contributed by atoms with Gasteiger partial charge in [0.05, 0.1) is 6.61 Å². The Bertz CT molecular complexity index is 323. The van der Waals surface area contributed by atoms with Crippen LogP contribution in [-0.2, 0) is 19.0 Å². The highest BCUT2D eigenvalue weighted by Gasteiger charge is 2.45. The number of aliphatic hydroxyl groups is 3. The van der Waals surface area contributed by atoms with E-state index in [9.17, 15) is 20.1 Å². The number of carbonyl (C=O) groups is 1. The standard InChI is InChI=1S/C15H28O7/c1-3-4-5-6-7-8-11(16)22-15-14(19)13(18)12(17)10(21-15)9-20-2/h10,12-15,17-19H,3-9H2,1-2H3/t10-,12-,13+,14-,15-/m1/s1. The summed E-state index contributed by atoms with van der Waals surface area (Å²) in [6.07, 6.45) is -1.11. The van der Waals surface area contributed by atoms with Gasteiger partial charge in [0.15, 0.2) is 0 Å². The van der Waals surface area contributed by atoms with Crippen molar-refractivity contribution < 1.29 is 34.3 Å². The fraction of sp³-hybridized carbons (Fsp3) is 0.933. The third-order valence-corrected chi connectivity index (χ3v) is 3.73. The number of ether oxygens (including phenoxy) is 3. The molecule has 1 aliphatic heterocycles. The minimum Gasteiger partial charge on any atom is -0.433 e. The fourth-order valence-corrected chi connectivity index (χ4v) is 2.38.